The van der Waals surface area contributed by atoms with Crippen LogP contribution < -0.4 is 15.6 Å². The van der Waals surface area contributed by atoms with Crippen LogP contribution in [-0.2, 0) is 19.6 Å². The molecule has 176 valence electrons. The molecule has 1 N–H and O–H groups in total. The third kappa shape index (κ3) is 4.97. The lowest BCUT2D eigenvalue weighted by molar-refractivity contribution is 0.414. The Kier molecular flexibility index (Phi) is 6.36. The molecule has 0 atom stereocenters. The highest BCUT2D eigenvalue weighted by molar-refractivity contribution is 5.79. The Balaban J connectivity index is 1.39. The van der Waals surface area contributed by atoms with E-state index in [-0.39, 0.29) is 11.4 Å². The first-order valence-corrected chi connectivity index (χ1v) is 11.2. The number of rotatable bonds is 8. The summed E-state index contributed by atoms with van der Waals surface area (Å²) in [5.74, 6) is 0.316. The first-order valence-electron chi connectivity index (χ1n) is 11.2. The van der Waals surface area contributed by atoms with Crippen molar-refractivity contribution in [1.82, 2.24) is 24.9 Å². The van der Waals surface area contributed by atoms with Crippen molar-refractivity contribution < 1.29 is 9.13 Å². The van der Waals surface area contributed by atoms with Gasteiger partial charge in [0, 0.05) is 18.7 Å². The highest BCUT2D eigenvalue weighted by Crippen LogP contribution is 2.19. The molecule has 0 saturated heterocycles. The molecular weight excluding hydrogens is 445 g/mol. The van der Waals surface area contributed by atoms with Gasteiger partial charge in [-0.05, 0) is 59.5 Å². The molecular formula is C27H24FN5O2. The lowest BCUT2D eigenvalue weighted by Crippen LogP contribution is -2.28. The zero-order chi connectivity index (χ0) is 24.2. The van der Waals surface area contributed by atoms with Crippen molar-refractivity contribution in [1.29, 1.82) is 0 Å². The number of aromatic nitrogens is 4. The molecule has 2 aromatic heterocycles. The van der Waals surface area contributed by atoms with Crippen LogP contribution in [0.2, 0.25) is 0 Å². The fourth-order valence-electron chi connectivity index (χ4n) is 4.03. The molecule has 35 heavy (non-hydrogen) atoms. The summed E-state index contributed by atoms with van der Waals surface area (Å²) < 4.78 is 21.0. The van der Waals surface area contributed by atoms with E-state index in [9.17, 15) is 9.18 Å². The molecule has 7 nitrogen and oxygen atoms in total. The molecule has 0 aliphatic carbocycles. The lowest BCUT2D eigenvalue weighted by atomic mass is 10.1. The summed E-state index contributed by atoms with van der Waals surface area (Å²) in [6, 6.07) is 23.5. The van der Waals surface area contributed by atoms with Crippen molar-refractivity contribution >= 4 is 10.9 Å². The van der Waals surface area contributed by atoms with Gasteiger partial charge in [-0.15, -0.1) is 0 Å². The third-order valence-corrected chi connectivity index (χ3v) is 5.76. The van der Waals surface area contributed by atoms with Gasteiger partial charge in [-0.3, -0.25) is 4.79 Å². The summed E-state index contributed by atoms with van der Waals surface area (Å²) in [5, 5.41) is 12.9. The van der Waals surface area contributed by atoms with Crippen LogP contribution in [0.4, 0.5) is 4.39 Å². The fourth-order valence-corrected chi connectivity index (χ4v) is 4.03. The predicted octanol–water partition coefficient (Wildman–Crippen LogP) is 4.07. The van der Waals surface area contributed by atoms with Crippen molar-refractivity contribution in [3.8, 4) is 11.4 Å². The van der Waals surface area contributed by atoms with Gasteiger partial charge in [-0.2, -0.15) is 15.0 Å². The molecule has 0 spiro atoms. The van der Waals surface area contributed by atoms with Gasteiger partial charge in [0.05, 0.1) is 36.7 Å². The number of fused-ring (bicyclic) bond motifs is 1. The van der Waals surface area contributed by atoms with Crippen LogP contribution in [-0.4, -0.2) is 26.7 Å². The number of hydrogen-bond donors (Lipinski definition) is 1. The minimum absolute atomic E-state index is 0.175. The predicted molar refractivity (Wildman–Crippen MR) is 132 cm³/mol. The molecule has 0 bridgehead atoms. The summed E-state index contributed by atoms with van der Waals surface area (Å²) in [5.41, 5.74) is 3.48. The largest absolute Gasteiger partial charge is 0.497 e. The van der Waals surface area contributed by atoms with Crippen molar-refractivity contribution in [3.05, 3.63) is 118 Å². The summed E-state index contributed by atoms with van der Waals surface area (Å²) in [4.78, 5) is 15.0. The van der Waals surface area contributed by atoms with Crippen LogP contribution in [0.3, 0.4) is 0 Å². The number of pyridine rings is 1. The van der Waals surface area contributed by atoms with Gasteiger partial charge >= 0.3 is 0 Å². The minimum atomic E-state index is -0.385. The fraction of sp³-hybridized carbons (Fsp3) is 0.148. The Morgan fingerprint density at radius 1 is 0.971 bits per heavy atom. The van der Waals surface area contributed by atoms with E-state index in [1.807, 2.05) is 60.7 Å². The molecule has 0 aliphatic heterocycles. The van der Waals surface area contributed by atoms with E-state index in [0.717, 1.165) is 22.3 Å². The van der Waals surface area contributed by atoms with E-state index in [2.05, 4.69) is 15.5 Å². The molecule has 3 aromatic carbocycles. The van der Waals surface area contributed by atoms with Crippen LogP contribution in [0, 0.1) is 5.82 Å². The van der Waals surface area contributed by atoms with E-state index in [1.54, 1.807) is 28.7 Å². The van der Waals surface area contributed by atoms with Gasteiger partial charge in [-0.1, -0.05) is 30.3 Å². The molecule has 0 unspecified atom stereocenters. The van der Waals surface area contributed by atoms with Crippen LogP contribution in [0.1, 0.15) is 16.8 Å². The normalized spacial score (nSPS) is 11.1. The number of halogens is 1. The topological polar surface area (TPSA) is 74.0 Å². The zero-order valence-corrected chi connectivity index (χ0v) is 19.2. The monoisotopic (exact) mass is 469 g/mol. The number of hydrogen-bond acceptors (Lipinski definition) is 5. The number of methoxy groups -OCH3 is 1. The van der Waals surface area contributed by atoms with Gasteiger partial charge in [0.15, 0.2) is 0 Å². The number of nitrogens with one attached hydrogen (secondary N) is 1. The Morgan fingerprint density at radius 3 is 2.66 bits per heavy atom. The van der Waals surface area contributed by atoms with E-state index >= 15 is 0 Å². The molecule has 0 radical (unpaired) electrons. The summed E-state index contributed by atoms with van der Waals surface area (Å²) in [7, 11) is 1.60. The molecule has 5 aromatic rings. The van der Waals surface area contributed by atoms with E-state index in [0.29, 0.717) is 36.5 Å². The van der Waals surface area contributed by atoms with Crippen LogP contribution in [0.15, 0.2) is 89.9 Å². The Hall–Kier alpha value is -4.30. The summed E-state index contributed by atoms with van der Waals surface area (Å²) in [6.07, 6.45) is 1.70. The number of benzene rings is 3. The Morgan fingerprint density at radius 2 is 1.83 bits per heavy atom. The SMILES string of the molecule is COc1cccc(Cn2c(=O)c(CNCc3cnn(-c4ccccc4)n3)cc3ccc(F)cc32)c1. The molecule has 0 aliphatic rings. The van der Waals surface area contributed by atoms with Crippen molar-refractivity contribution in [2.24, 2.45) is 0 Å². The summed E-state index contributed by atoms with van der Waals surface area (Å²) in [6.45, 7) is 1.08. The quantitative estimate of drug-likeness (QED) is 0.371. The van der Waals surface area contributed by atoms with Gasteiger partial charge in [0.2, 0.25) is 0 Å². The maximum Gasteiger partial charge on any atom is 0.255 e. The second-order valence-corrected chi connectivity index (χ2v) is 8.18. The minimum Gasteiger partial charge on any atom is -0.497 e. The molecule has 8 heteroatoms. The standard InChI is InChI=1S/C27H24FN5O2/c1-35-25-9-5-6-19(12-25)18-32-26-14-22(28)11-10-20(26)13-21(27(32)34)15-29-16-23-17-30-33(31-23)24-7-3-2-4-8-24/h2-14,17,29H,15-16,18H2,1H3. The van der Waals surface area contributed by atoms with Crippen LogP contribution in [0.5, 0.6) is 5.75 Å². The van der Waals surface area contributed by atoms with Gasteiger partial charge in [-0.25, -0.2) is 4.39 Å². The van der Waals surface area contributed by atoms with Crippen molar-refractivity contribution in [2.45, 2.75) is 19.6 Å². The van der Waals surface area contributed by atoms with Gasteiger partial charge in [0.1, 0.15) is 11.6 Å². The zero-order valence-electron chi connectivity index (χ0n) is 19.2. The number of nitrogens with zero attached hydrogens (tertiary/aromatic N) is 4. The Bertz CT molecular complexity index is 1530. The first kappa shape index (κ1) is 22.5. The van der Waals surface area contributed by atoms with Gasteiger partial charge < -0.3 is 14.6 Å². The van der Waals surface area contributed by atoms with E-state index in [1.165, 1.54) is 12.1 Å². The molecule has 0 saturated carbocycles. The highest BCUT2D eigenvalue weighted by atomic mass is 19.1. The number of para-hydroxylation sites is 1. The molecule has 0 amide bonds. The van der Waals surface area contributed by atoms with Crippen molar-refractivity contribution in [3.63, 3.8) is 0 Å². The highest BCUT2D eigenvalue weighted by Gasteiger charge is 2.12. The molecule has 5 rings (SSSR count). The van der Waals surface area contributed by atoms with Crippen molar-refractivity contribution in [2.75, 3.05) is 7.11 Å². The summed E-state index contributed by atoms with van der Waals surface area (Å²) >= 11 is 0. The van der Waals surface area contributed by atoms with Crippen LogP contribution >= 0.6 is 0 Å². The van der Waals surface area contributed by atoms with Crippen LogP contribution in [0.25, 0.3) is 16.6 Å². The maximum absolute atomic E-state index is 14.1. The van der Waals surface area contributed by atoms with Gasteiger partial charge in [0.25, 0.3) is 5.56 Å². The smallest absolute Gasteiger partial charge is 0.255 e. The number of ether oxygens (including phenoxy) is 1. The second-order valence-electron chi connectivity index (χ2n) is 8.18. The maximum atomic E-state index is 14.1. The Labute approximate surface area is 201 Å². The lowest BCUT2D eigenvalue weighted by Gasteiger charge is -2.14. The second kappa shape index (κ2) is 9.90. The van der Waals surface area contributed by atoms with E-state index < -0.39 is 0 Å². The molecule has 0 fully saturated rings. The third-order valence-electron chi connectivity index (χ3n) is 5.76. The molecule has 2 heterocycles. The van der Waals surface area contributed by atoms with E-state index in [4.69, 9.17) is 4.74 Å². The average Bonchev–Trinajstić information content (AvgIpc) is 3.36. The average molecular weight is 470 g/mol. The first-order chi connectivity index (χ1) is 17.1.